The van der Waals surface area contributed by atoms with Crippen molar-refractivity contribution in [2.45, 2.75) is 26.4 Å². The van der Waals surface area contributed by atoms with Gasteiger partial charge in [0.2, 0.25) is 0 Å². The standard InChI is InChI=1S/C8H12O4/c1-3-5-6(7(9)10)4(2)12-8(5)11/h4-6H,3H2,1-2H3,(H,9,10). The first-order chi connectivity index (χ1) is 5.57. The predicted molar refractivity (Wildman–Crippen MR) is 40.5 cm³/mol. The molecular weight excluding hydrogens is 160 g/mol. The van der Waals surface area contributed by atoms with Gasteiger partial charge in [-0.15, -0.1) is 0 Å². The quantitative estimate of drug-likeness (QED) is 0.621. The lowest BCUT2D eigenvalue weighted by atomic mass is 9.89. The van der Waals surface area contributed by atoms with Gasteiger partial charge in [0.1, 0.15) is 12.0 Å². The molecule has 3 unspecified atom stereocenters. The molecule has 1 fully saturated rings. The van der Waals surface area contributed by atoms with Gasteiger partial charge in [0.05, 0.1) is 5.92 Å². The molecular formula is C8H12O4. The normalized spacial score (nSPS) is 34.8. The highest BCUT2D eigenvalue weighted by molar-refractivity contribution is 5.84. The molecule has 1 N–H and O–H groups in total. The van der Waals surface area contributed by atoms with Crippen molar-refractivity contribution in [2.24, 2.45) is 11.8 Å². The maximum Gasteiger partial charge on any atom is 0.311 e. The predicted octanol–water partition coefficient (Wildman–Crippen LogP) is 0.659. The van der Waals surface area contributed by atoms with E-state index in [1.165, 1.54) is 0 Å². The second-order valence-electron chi connectivity index (χ2n) is 3.02. The molecule has 0 aromatic heterocycles. The molecule has 68 valence electrons. The molecule has 1 aliphatic rings. The number of aliphatic carboxylic acids is 1. The molecule has 0 spiro atoms. The van der Waals surface area contributed by atoms with Crippen LogP contribution >= 0.6 is 0 Å². The summed E-state index contributed by atoms with van der Waals surface area (Å²) in [5.41, 5.74) is 0. The molecule has 12 heavy (non-hydrogen) atoms. The van der Waals surface area contributed by atoms with Crippen LogP contribution in [0.3, 0.4) is 0 Å². The SMILES string of the molecule is CCC1C(=O)OC(C)C1C(=O)O. The summed E-state index contributed by atoms with van der Waals surface area (Å²) in [5.74, 6) is -2.45. The number of rotatable bonds is 2. The van der Waals surface area contributed by atoms with Gasteiger partial charge < -0.3 is 9.84 Å². The second-order valence-corrected chi connectivity index (χ2v) is 3.02. The number of carboxylic acids is 1. The minimum Gasteiger partial charge on any atom is -0.481 e. The van der Waals surface area contributed by atoms with E-state index in [1.54, 1.807) is 13.8 Å². The molecule has 1 aliphatic heterocycles. The number of ether oxygens (including phenoxy) is 1. The van der Waals surface area contributed by atoms with Crippen LogP contribution in [0.2, 0.25) is 0 Å². The second kappa shape index (κ2) is 3.13. The first-order valence-corrected chi connectivity index (χ1v) is 4.01. The van der Waals surface area contributed by atoms with E-state index in [4.69, 9.17) is 9.84 Å². The van der Waals surface area contributed by atoms with Gasteiger partial charge in [0.15, 0.2) is 0 Å². The van der Waals surface area contributed by atoms with E-state index in [-0.39, 0.29) is 5.97 Å². The largest absolute Gasteiger partial charge is 0.481 e. The van der Waals surface area contributed by atoms with Crippen LogP contribution in [0.1, 0.15) is 20.3 Å². The molecule has 0 saturated carbocycles. The van der Waals surface area contributed by atoms with Crippen LogP contribution in [-0.2, 0) is 14.3 Å². The van der Waals surface area contributed by atoms with Crippen molar-refractivity contribution < 1.29 is 19.4 Å². The zero-order valence-corrected chi connectivity index (χ0v) is 7.11. The van der Waals surface area contributed by atoms with E-state index in [0.717, 1.165) is 0 Å². The van der Waals surface area contributed by atoms with E-state index in [1.807, 2.05) is 0 Å². The first-order valence-electron chi connectivity index (χ1n) is 4.01. The van der Waals surface area contributed by atoms with E-state index >= 15 is 0 Å². The van der Waals surface area contributed by atoms with E-state index in [9.17, 15) is 9.59 Å². The van der Waals surface area contributed by atoms with Crippen molar-refractivity contribution in [1.29, 1.82) is 0 Å². The van der Waals surface area contributed by atoms with Crippen molar-refractivity contribution >= 4 is 11.9 Å². The highest BCUT2D eigenvalue weighted by Crippen LogP contribution is 2.30. The number of carboxylic acid groups (broad SMARTS) is 1. The average Bonchev–Trinajstić information content (AvgIpc) is 2.24. The zero-order valence-electron chi connectivity index (χ0n) is 7.11. The maximum absolute atomic E-state index is 11.0. The molecule has 1 rings (SSSR count). The number of cyclic esters (lactones) is 1. The Bertz CT molecular complexity index is 211. The molecule has 0 aromatic rings. The Labute approximate surface area is 70.5 Å². The van der Waals surface area contributed by atoms with Gasteiger partial charge in [-0.1, -0.05) is 6.92 Å². The van der Waals surface area contributed by atoms with E-state index in [0.29, 0.717) is 6.42 Å². The van der Waals surface area contributed by atoms with E-state index < -0.39 is 23.9 Å². The number of hydrogen-bond donors (Lipinski definition) is 1. The summed E-state index contributed by atoms with van der Waals surface area (Å²) in [6.45, 7) is 3.41. The number of esters is 1. The monoisotopic (exact) mass is 172 g/mol. The van der Waals surface area contributed by atoms with Gasteiger partial charge in [-0.05, 0) is 13.3 Å². The average molecular weight is 172 g/mol. The topological polar surface area (TPSA) is 63.6 Å². The third-order valence-electron chi connectivity index (χ3n) is 2.27. The van der Waals surface area contributed by atoms with Crippen LogP contribution in [0.25, 0.3) is 0 Å². The minimum absolute atomic E-state index is 0.377. The van der Waals surface area contributed by atoms with Gasteiger partial charge in [0.25, 0.3) is 0 Å². The van der Waals surface area contributed by atoms with Gasteiger partial charge >= 0.3 is 11.9 Å². The molecule has 0 radical (unpaired) electrons. The van der Waals surface area contributed by atoms with Gasteiger partial charge in [0, 0.05) is 0 Å². The summed E-state index contributed by atoms with van der Waals surface area (Å²) < 4.78 is 4.82. The van der Waals surface area contributed by atoms with Crippen molar-refractivity contribution in [1.82, 2.24) is 0 Å². The Morgan fingerprint density at radius 1 is 1.67 bits per heavy atom. The van der Waals surface area contributed by atoms with Gasteiger partial charge in [-0.25, -0.2) is 0 Å². The third kappa shape index (κ3) is 1.29. The lowest BCUT2D eigenvalue weighted by Gasteiger charge is -2.10. The lowest BCUT2D eigenvalue weighted by molar-refractivity contribution is -0.144. The van der Waals surface area contributed by atoms with Crippen molar-refractivity contribution in [3.05, 3.63) is 0 Å². The van der Waals surface area contributed by atoms with Gasteiger partial charge in [-0.2, -0.15) is 0 Å². The highest BCUT2D eigenvalue weighted by atomic mass is 16.6. The van der Waals surface area contributed by atoms with Crippen LogP contribution in [-0.4, -0.2) is 23.1 Å². The Kier molecular flexibility index (Phi) is 2.35. The fraction of sp³-hybridized carbons (Fsp3) is 0.750. The summed E-state index contributed by atoms with van der Waals surface area (Å²) in [7, 11) is 0. The molecule has 0 amide bonds. The molecule has 1 heterocycles. The van der Waals surface area contributed by atoms with Crippen LogP contribution in [0, 0.1) is 11.8 Å². The molecule has 0 bridgehead atoms. The van der Waals surface area contributed by atoms with Crippen molar-refractivity contribution in [2.75, 3.05) is 0 Å². The molecule has 4 heteroatoms. The highest BCUT2D eigenvalue weighted by Gasteiger charge is 2.45. The molecule has 4 nitrogen and oxygen atoms in total. The van der Waals surface area contributed by atoms with Crippen LogP contribution < -0.4 is 0 Å². The summed E-state index contributed by atoms with van der Waals surface area (Å²) in [6, 6.07) is 0. The number of hydrogen-bond acceptors (Lipinski definition) is 3. The number of carbonyl (C=O) groups excluding carboxylic acids is 1. The molecule has 1 saturated heterocycles. The molecule has 3 atom stereocenters. The zero-order chi connectivity index (χ0) is 9.30. The Hall–Kier alpha value is -1.06. The summed E-state index contributed by atoms with van der Waals surface area (Å²) in [6.07, 6.45) is 0.0418. The summed E-state index contributed by atoms with van der Waals surface area (Å²) >= 11 is 0. The Morgan fingerprint density at radius 2 is 2.25 bits per heavy atom. The Balaban J connectivity index is 2.82. The van der Waals surface area contributed by atoms with E-state index in [2.05, 4.69) is 0 Å². The fourth-order valence-electron chi connectivity index (χ4n) is 1.61. The summed E-state index contributed by atoms with van der Waals surface area (Å²) in [4.78, 5) is 21.7. The third-order valence-corrected chi connectivity index (χ3v) is 2.27. The Morgan fingerprint density at radius 3 is 2.58 bits per heavy atom. The first kappa shape index (κ1) is 9.03. The summed E-state index contributed by atoms with van der Waals surface area (Å²) in [5, 5.41) is 8.77. The number of carbonyl (C=O) groups is 2. The molecule has 0 aromatic carbocycles. The van der Waals surface area contributed by atoms with Gasteiger partial charge in [-0.3, -0.25) is 9.59 Å². The molecule has 0 aliphatic carbocycles. The van der Waals surface area contributed by atoms with Crippen molar-refractivity contribution in [3.8, 4) is 0 Å². The minimum atomic E-state index is -0.944. The smallest absolute Gasteiger partial charge is 0.311 e. The van der Waals surface area contributed by atoms with Crippen LogP contribution in [0.15, 0.2) is 0 Å². The van der Waals surface area contributed by atoms with Crippen LogP contribution in [0.5, 0.6) is 0 Å². The lowest BCUT2D eigenvalue weighted by Crippen LogP contribution is -2.27. The maximum atomic E-state index is 11.0. The fourth-order valence-corrected chi connectivity index (χ4v) is 1.61. The van der Waals surface area contributed by atoms with Crippen LogP contribution in [0.4, 0.5) is 0 Å². The van der Waals surface area contributed by atoms with Crippen molar-refractivity contribution in [3.63, 3.8) is 0 Å².